The Kier molecular flexibility index (Phi) is 13.1. The fourth-order valence-electron chi connectivity index (χ4n) is 4.20. The number of methoxy groups -OCH3 is 1. The molecule has 5 N–H and O–H groups in total. The van der Waals surface area contributed by atoms with Gasteiger partial charge in [0.1, 0.15) is 18.1 Å². The van der Waals surface area contributed by atoms with Crippen LogP contribution in [-0.4, -0.2) is 144 Å². The van der Waals surface area contributed by atoms with Crippen molar-refractivity contribution < 1.29 is 44.3 Å². The summed E-state index contributed by atoms with van der Waals surface area (Å²) in [5.74, 6) is -1.85. The lowest BCUT2D eigenvalue weighted by atomic mass is 10.1. The molecule has 0 amide bonds. The van der Waals surface area contributed by atoms with Crippen LogP contribution in [0.15, 0.2) is 24.3 Å². The minimum absolute atomic E-state index is 0.0344. The molecule has 1 aliphatic rings. The molecule has 37 heavy (non-hydrogen) atoms. The van der Waals surface area contributed by atoms with Gasteiger partial charge < -0.3 is 35.2 Å². The van der Waals surface area contributed by atoms with Gasteiger partial charge in [0.2, 0.25) is 0 Å². The summed E-state index contributed by atoms with van der Waals surface area (Å²) in [5.41, 5.74) is 0. The van der Waals surface area contributed by atoms with E-state index in [2.05, 4.69) is 5.32 Å². The van der Waals surface area contributed by atoms with Gasteiger partial charge in [-0.2, -0.15) is 0 Å². The van der Waals surface area contributed by atoms with Crippen LogP contribution in [0.3, 0.4) is 0 Å². The lowest BCUT2D eigenvalue weighted by Gasteiger charge is -2.36. The first-order chi connectivity index (χ1) is 17.7. The Hall–Kier alpha value is -2.97. The zero-order chi connectivity index (χ0) is 27.2. The Morgan fingerprint density at radius 3 is 2.08 bits per heavy atom. The van der Waals surface area contributed by atoms with E-state index in [0.29, 0.717) is 44.2 Å². The van der Waals surface area contributed by atoms with E-state index in [9.17, 15) is 34.8 Å². The van der Waals surface area contributed by atoms with Crippen LogP contribution in [-0.2, 0) is 14.4 Å². The van der Waals surface area contributed by atoms with Gasteiger partial charge in [0.25, 0.3) is 0 Å². The predicted molar refractivity (Wildman–Crippen MR) is 133 cm³/mol. The van der Waals surface area contributed by atoms with Crippen LogP contribution < -0.4 is 14.8 Å². The quantitative estimate of drug-likeness (QED) is 0.224. The van der Waals surface area contributed by atoms with Gasteiger partial charge in [-0.15, -0.1) is 0 Å². The minimum atomic E-state index is -1.05. The third-order valence-corrected chi connectivity index (χ3v) is 6.00. The van der Waals surface area contributed by atoms with Crippen molar-refractivity contribution in [1.29, 1.82) is 0 Å². The summed E-state index contributed by atoms with van der Waals surface area (Å²) < 4.78 is 10.8. The molecule has 0 aromatic heterocycles. The second kappa shape index (κ2) is 16.0. The molecule has 1 aromatic rings. The highest BCUT2D eigenvalue weighted by Crippen LogP contribution is 2.18. The summed E-state index contributed by atoms with van der Waals surface area (Å²) in [7, 11) is 1.55. The van der Waals surface area contributed by atoms with Gasteiger partial charge in [0, 0.05) is 51.9 Å². The van der Waals surface area contributed by atoms with Crippen LogP contribution in [0.25, 0.3) is 0 Å². The van der Waals surface area contributed by atoms with Crippen molar-refractivity contribution in [3.05, 3.63) is 24.3 Å². The largest absolute Gasteiger partial charge is 0.497 e. The number of nitrogens with zero attached hydrogens (tertiary/aromatic N) is 3. The number of aliphatic hydroxyl groups is 1. The Morgan fingerprint density at radius 2 is 1.46 bits per heavy atom. The zero-order valence-corrected chi connectivity index (χ0v) is 21.1. The smallest absolute Gasteiger partial charge is 0.317 e. The molecule has 1 fully saturated rings. The van der Waals surface area contributed by atoms with Crippen LogP contribution in [0.1, 0.15) is 6.42 Å². The third kappa shape index (κ3) is 12.2. The molecule has 2 atom stereocenters. The lowest BCUT2D eigenvalue weighted by Crippen LogP contribution is -2.53. The van der Waals surface area contributed by atoms with Gasteiger partial charge in [-0.1, -0.05) is 0 Å². The van der Waals surface area contributed by atoms with Crippen molar-refractivity contribution in [2.75, 3.05) is 79.2 Å². The molecule has 2 rings (SSSR count). The highest BCUT2D eigenvalue weighted by Gasteiger charge is 2.27. The number of carboxylic acids is 3. The molecule has 208 valence electrons. The monoisotopic (exact) mass is 526 g/mol. The first kappa shape index (κ1) is 30.3. The first-order valence-corrected chi connectivity index (χ1v) is 12.2. The molecule has 0 spiro atoms. The Labute approximate surface area is 216 Å². The Bertz CT molecular complexity index is 855. The molecule has 0 aliphatic carbocycles. The predicted octanol–water partition coefficient (Wildman–Crippen LogP) is -1.04. The molecule has 1 aliphatic heterocycles. The summed E-state index contributed by atoms with van der Waals surface area (Å²) in [5, 5.41) is 42.1. The van der Waals surface area contributed by atoms with E-state index < -0.39 is 30.1 Å². The molecule has 13 nitrogen and oxygen atoms in total. The van der Waals surface area contributed by atoms with E-state index in [1.165, 1.54) is 0 Å². The van der Waals surface area contributed by atoms with Gasteiger partial charge >= 0.3 is 17.9 Å². The topological polar surface area (TPSA) is 172 Å². The lowest BCUT2D eigenvalue weighted by molar-refractivity contribution is -0.141. The number of benzene rings is 1. The number of carbonyl (C=O) groups is 3. The fraction of sp³-hybridized carbons (Fsp3) is 0.625. The van der Waals surface area contributed by atoms with E-state index in [1.807, 2.05) is 0 Å². The van der Waals surface area contributed by atoms with Crippen LogP contribution in [0, 0.1) is 0 Å². The number of nitrogens with one attached hydrogen (secondary N) is 1. The summed E-state index contributed by atoms with van der Waals surface area (Å²) in [6.45, 7) is 1.76. The highest BCUT2D eigenvalue weighted by atomic mass is 16.5. The summed E-state index contributed by atoms with van der Waals surface area (Å²) >= 11 is 0. The van der Waals surface area contributed by atoms with Crippen molar-refractivity contribution in [2.24, 2.45) is 0 Å². The van der Waals surface area contributed by atoms with Gasteiger partial charge in [-0.3, -0.25) is 29.1 Å². The summed E-state index contributed by atoms with van der Waals surface area (Å²) in [4.78, 5) is 39.5. The van der Waals surface area contributed by atoms with Gasteiger partial charge in [0.05, 0.1) is 32.8 Å². The minimum Gasteiger partial charge on any atom is -0.497 e. The van der Waals surface area contributed by atoms with Crippen LogP contribution >= 0.6 is 0 Å². The number of aliphatic carboxylic acids is 3. The van der Waals surface area contributed by atoms with Crippen molar-refractivity contribution >= 4 is 17.9 Å². The van der Waals surface area contributed by atoms with Crippen molar-refractivity contribution in [3.8, 4) is 11.5 Å². The van der Waals surface area contributed by atoms with Gasteiger partial charge in [-0.25, -0.2) is 0 Å². The number of ether oxygens (including phenoxy) is 2. The first-order valence-electron chi connectivity index (χ1n) is 12.2. The van der Waals surface area contributed by atoms with Crippen molar-refractivity contribution in [1.82, 2.24) is 20.0 Å². The zero-order valence-electron chi connectivity index (χ0n) is 21.1. The van der Waals surface area contributed by atoms with E-state index in [-0.39, 0.29) is 45.8 Å². The molecule has 1 heterocycles. The standard InChI is InChI=1S/C24H38N4O9/c1-36-20-2-4-21(5-3-20)37-17-19(29)12-18-13-27(15-23(32)33)11-10-26(14-22(30)31)8-6-25-7-9-28(18)16-24(34)35/h2-5,18-19,25,29H,6-17H2,1H3,(H,30,31)(H,32,33)(H,34,35). The third-order valence-electron chi connectivity index (χ3n) is 6.00. The summed E-state index contributed by atoms with van der Waals surface area (Å²) in [6.07, 6.45) is -0.794. The maximum Gasteiger partial charge on any atom is 0.317 e. The van der Waals surface area contributed by atoms with E-state index in [4.69, 9.17) is 9.47 Å². The SMILES string of the molecule is COc1ccc(OCC(O)CC2CN(CC(=O)O)CCN(CC(=O)O)CCNCCN2CC(=O)O)cc1. The average Bonchev–Trinajstić information content (AvgIpc) is 2.83. The number of rotatable bonds is 12. The van der Waals surface area contributed by atoms with Crippen molar-refractivity contribution in [2.45, 2.75) is 18.6 Å². The van der Waals surface area contributed by atoms with E-state index >= 15 is 0 Å². The molecule has 0 radical (unpaired) electrons. The van der Waals surface area contributed by atoms with Crippen LogP contribution in [0.2, 0.25) is 0 Å². The summed E-state index contributed by atoms with van der Waals surface area (Å²) in [6, 6.07) is 6.39. The number of hydrogen-bond acceptors (Lipinski definition) is 10. The molecule has 0 saturated carbocycles. The molecule has 1 aromatic carbocycles. The second-order valence-electron chi connectivity index (χ2n) is 8.94. The molecule has 13 heteroatoms. The Balaban J connectivity index is 2.15. The molecular formula is C24H38N4O9. The molecule has 0 bridgehead atoms. The van der Waals surface area contributed by atoms with E-state index in [0.717, 1.165) is 0 Å². The maximum atomic E-state index is 11.6. The number of hydrogen-bond donors (Lipinski definition) is 5. The highest BCUT2D eigenvalue weighted by molar-refractivity contribution is 5.70. The van der Waals surface area contributed by atoms with Gasteiger partial charge in [0.15, 0.2) is 0 Å². The molecule has 2 unspecified atom stereocenters. The van der Waals surface area contributed by atoms with E-state index in [1.54, 1.807) is 46.1 Å². The molecular weight excluding hydrogens is 488 g/mol. The number of aliphatic hydroxyl groups excluding tert-OH is 1. The Morgan fingerprint density at radius 1 is 0.892 bits per heavy atom. The second-order valence-corrected chi connectivity index (χ2v) is 8.94. The van der Waals surface area contributed by atoms with Crippen LogP contribution in [0.5, 0.6) is 11.5 Å². The average molecular weight is 527 g/mol. The van der Waals surface area contributed by atoms with Gasteiger partial charge in [-0.05, 0) is 30.7 Å². The number of carboxylic acid groups (broad SMARTS) is 3. The normalized spacial score (nSPS) is 19.8. The fourth-order valence-corrected chi connectivity index (χ4v) is 4.20. The molecule has 1 saturated heterocycles. The van der Waals surface area contributed by atoms with Crippen molar-refractivity contribution in [3.63, 3.8) is 0 Å². The van der Waals surface area contributed by atoms with Crippen LogP contribution in [0.4, 0.5) is 0 Å². The maximum absolute atomic E-state index is 11.6.